The molecule has 6 heteroatoms. The van der Waals surface area contributed by atoms with Crippen molar-refractivity contribution in [3.05, 3.63) is 70.3 Å². The van der Waals surface area contributed by atoms with Crippen molar-refractivity contribution in [3.63, 3.8) is 0 Å². The maximum absolute atomic E-state index is 13.5. The molecule has 0 aliphatic carbocycles. The van der Waals surface area contributed by atoms with Crippen LogP contribution in [0.4, 0.5) is 5.69 Å². The summed E-state index contributed by atoms with van der Waals surface area (Å²) >= 11 is 3.38. The summed E-state index contributed by atoms with van der Waals surface area (Å²) in [7, 11) is 0. The number of nitrogens with zero attached hydrogens (tertiary/aromatic N) is 1. The maximum Gasteiger partial charge on any atom is 0.244 e. The lowest BCUT2D eigenvalue weighted by atomic mass is 9.84. The van der Waals surface area contributed by atoms with Crippen molar-refractivity contribution in [2.45, 2.75) is 19.0 Å². The number of anilines is 1. The first-order valence-electron chi connectivity index (χ1n) is 9.26. The Morgan fingerprint density at radius 1 is 1.00 bits per heavy atom. The molecule has 28 heavy (non-hydrogen) atoms. The molecule has 2 amide bonds. The zero-order valence-corrected chi connectivity index (χ0v) is 16.7. The van der Waals surface area contributed by atoms with Crippen molar-refractivity contribution < 1.29 is 19.3 Å². The molecule has 0 aromatic heterocycles. The molecule has 0 saturated carbocycles. The molecule has 2 aromatic carbocycles. The van der Waals surface area contributed by atoms with Gasteiger partial charge in [-0.25, -0.2) is 4.90 Å². The minimum absolute atomic E-state index is 0.0599. The van der Waals surface area contributed by atoms with Crippen LogP contribution in [0.25, 0.3) is 6.08 Å². The van der Waals surface area contributed by atoms with Gasteiger partial charge in [0.05, 0.1) is 11.9 Å². The zero-order chi connectivity index (χ0) is 19.6. The van der Waals surface area contributed by atoms with Gasteiger partial charge >= 0.3 is 0 Å². The van der Waals surface area contributed by atoms with E-state index >= 15 is 0 Å². The molecule has 2 aromatic rings. The number of hydrogen-bond donors (Lipinski definition) is 1. The molecule has 0 radical (unpaired) electrons. The summed E-state index contributed by atoms with van der Waals surface area (Å²) in [5.41, 5.74) is 2.62. The summed E-state index contributed by atoms with van der Waals surface area (Å²) in [5.74, 6) is -1.72. The molecule has 1 N–H and O–H groups in total. The van der Waals surface area contributed by atoms with Gasteiger partial charge in [0.25, 0.3) is 0 Å². The van der Waals surface area contributed by atoms with Gasteiger partial charge in [-0.15, -0.1) is 0 Å². The topological polar surface area (TPSA) is 58.9 Å². The van der Waals surface area contributed by atoms with Crippen LogP contribution in [0.2, 0.25) is 0 Å². The number of ketones is 1. The first-order valence-corrected chi connectivity index (χ1v) is 10.1. The van der Waals surface area contributed by atoms with Gasteiger partial charge in [-0.1, -0.05) is 40.2 Å². The summed E-state index contributed by atoms with van der Waals surface area (Å²) in [6.45, 7) is 1.52. The third kappa shape index (κ3) is 2.31. The Bertz CT molecular complexity index is 1050. The standard InChI is InChI=1S/C22H17BrN2O3/c1-12(26)19-17-18(20-16-5-3-2-4-13(16)10-11-24(19)20)22(28)25(21(17)27)15-8-6-14(23)7-9-15/h2-11,17-20H,1H3/p+1/t17-,18+,19-,20-/m1/s1. The fraction of sp³-hybridized carbons (Fsp3) is 0.227. The van der Waals surface area contributed by atoms with Crippen LogP contribution in [0.15, 0.2) is 59.2 Å². The summed E-state index contributed by atoms with van der Waals surface area (Å²) in [4.78, 5) is 41.5. The Morgan fingerprint density at radius 2 is 1.68 bits per heavy atom. The van der Waals surface area contributed by atoms with Crippen LogP contribution >= 0.6 is 15.9 Å². The number of quaternary nitrogens is 1. The second kappa shape index (κ2) is 6.22. The van der Waals surface area contributed by atoms with E-state index < -0.39 is 17.9 Å². The minimum Gasteiger partial charge on any atom is -0.293 e. The van der Waals surface area contributed by atoms with E-state index in [0.29, 0.717) is 5.69 Å². The van der Waals surface area contributed by atoms with E-state index in [4.69, 9.17) is 0 Å². The quantitative estimate of drug-likeness (QED) is 0.732. The molecule has 2 saturated heterocycles. The van der Waals surface area contributed by atoms with E-state index in [1.807, 2.05) is 48.7 Å². The Labute approximate surface area is 170 Å². The summed E-state index contributed by atoms with van der Waals surface area (Å²) in [6.07, 6.45) is 3.93. The van der Waals surface area contributed by atoms with Crippen LogP contribution in [0.1, 0.15) is 24.1 Å². The maximum atomic E-state index is 13.5. The third-order valence-corrected chi connectivity index (χ3v) is 6.67. The first-order chi connectivity index (χ1) is 13.5. The number of rotatable bonds is 2. The largest absolute Gasteiger partial charge is 0.293 e. The van der Waals surface area contributed by atoms with Gasteiger partial charge in [0, 0.05) is 17.0 Å². The van der Waals surface area contributed by atoms with Gasteiger partial charge in [-0.3, -0.25) is 19.3 Å². The van der Waals surface area contributed by atoms with E-state index in [1.54, 1.807) is 12.1 Å². The number of imide groups is 1. The van der Waals surface area contributed by atoms with Crippen molar-refractivity contribution in [2.75, 3.05) is 4.90 Å². The van der Waals surface area contributed by atoms with Crippen molar-refractivity contribution >= 4 is 45.3 Å². The van der Waals surface area contributed by atoms with Crippen LogP contribution < -0.4 is 9.80 Å². The molecule has 3 heterocycles. The van der Waals surface area contributed by atoms with Gasteiger partial charge < -0.3 is 0 Å². The Hall–Kier alpha value is -2.57. The van der Waals surface area contributed by atoms with Crippen molar-refractivity contribution in [1.29, 1.82) is 0 Å². The molecule has 2 fully saturated rings. The smallest absolute Gasteiger partial charge is 0.244 e. The van der Waals surface area contributed by atoms with E-state index in [0.717, 1.165) is 20.5 Å². The van der Waals surface area contributed by atoms with E-state index in [9.17, 15) is 14.4 Å². The number of benzene rings is 2. The fourth-order valence-corrected chi connectivity index (χ4v) is 5.33. The average Bonchev–Trinajstić information content (AvgIpc) is 3.16. The first kappa shape index (κ1) is 17.5. The molecule has 5 nitrogen and oxygen atoms in total. The number of amides is 2. The molecule has 3 aliphatic rings. The second-order valence-electron chi connectivity index (χ2n) is 7.57. The van der Waals surface area contributed by atoms with Crippen LogP contribution in [0.5, 0.6) is 0 Å². The van der Waals surface area contributed by atoms with Crippen molar-refractivity contribution in [2.24, 2.45) is 11.8 Å². The Kier molecular flexibility index (Phi) is 3.89. The zero-order valence-electron chi connectivity index (χ0n) is 15.1. The predicted molar refractivity (Wildman–Crippen MR) is 107 cm³/mol. The third-order valence-electron chi connectivity index (χ3n) is 6.14. The number of carbonyl (C=O) groups excluding carboxylic acids is 3. The van der Waals surface area contributed by atoms with Crippen LogP contribution in [-0.2, 0) is 14.4 Å². The number of Topliss-reactive ketones (excluding diaryl/α,β-unsaturated/α-hetero) is 1. The van der Waals surface area contributed by atoms with E-state index in [2.05, 4.69) is 15.9 Å². The van der Waals surface area contributed by atoms with E-state index in [1.165, 1.54) is 11.8 Å². The van der Waals surface area contributed by atoms with Crippen LogP contribution in [-0.4, -0.2) is 23.6 Å². The number of halogens is 1. The molecule has 140 valence electrons. The molecule has 0 spiro atoms. The Balaban J connectivity index is 1.65. The highest BCUT2D eigenvalue weighted by molar-refractivity contribution is 9.10. The van der Waals surface area contributed by atoms with Gasteiger partial charge in [-0.05, 0) is 35.9 Å². The van der Waals surface area contributed by atoms with Gasteiger partial charge in [0.1, 0.15) is 17.9 Å². The summed E-state index contributed by atoms with van der Waals surface area (Å²) in [6, 6.07) is 14.3. The highest BCUT2D eigenvalue weighted by Crippen LogP contribution is 2.44. The Morgan fingerprint density at radius 3 is 2.39 bits per heavy atom. The molecule has 5 rings (SSSR count). The van der Waals surface area contributed by atoms with Gasteiger partial charge in [-0.2, -0.15) is 0 Å². The highest BCUT2D eigenvalue weighted by atomic mass is 79.9. The lowest BCUT2D eigenvalue weighted by Crippen LogP contribution is -3.12. The monoisotopic (exact) mass is 437 g/mol. The van der Waals surface area contributed by atoms with E-state index in [-0.39, 0.29) is 23.6 Å². The summed E-state index contributed by atoms with van der Waals surface area (Å²) < 4.78 is 0.874. The predicted octanol–water partition coefficient (Wildman–Crippen LogP) is 2.14. The highest BCUT2D eigenvalue weighted by Gasteiger charge is 2.67. The average molecular weight is 438 g/mol. The number of hydrogen-bond acceptors (Lipinski definition) is 3. The van der Waals surface area contributed by atoms with Crippen LogP contribution in [0.3, 0.4) is 0 Å². The molecule has 0 bridgehead atoms. The molecular weight excluding hydrogens is 420 g/mol. The second-order valence-corrected chi connectivity index (χ2v) is 8.48. The van der Waals surface area contributed by atoms with Crippen LogP contribution in [0, 0.1) is 11.8 Å². The molecule has 1 unspecified atom stereocenters. The molecule has 5 atom stereocenters. The summed E-state index contributed by atoms with van der Waals surface area (Å²) in [5, 5.41) is 0. The van der Waals surface area contributed by atoms with Gasteiger partial charge in [0.15, 0.2) is 11.8 Å². The van der Waals surface area contributed by atoms with Crippen molar-refractivity contribution in [3.8, 4) is 0 Å². The molecule has 3 aliphatic heterocycles. The SMILES string of the molecule is CC(=O)[C@@H]1[C@@H]2C(=O)N(c3ccc(Br)cc3)C(=O)[C@@H]2[C@H]2c3ccccc3C=C[NH+]12. The lowest BCUT2D eigenvalue weighted by molar-refractivity contribution is -0.884. The fourth-order valence-electron chi connectivity index (χ4n) is 5.07. The number of carbonyl (C=O) groups is 3. The lowest BCUT2D eigenvalue weighted by Gasteiger charge is -2.30. The minimum atomic E-state index is -0.635. The number of fused-ring (bicyclic) bond motifs is 5. The normalized spacial score (nSPS) is 30.2. The number of nitrogens with one attached hydrogen (secondary N) is 1. The van der Waals surface area contributed by atoms with Crippen molar-refractivity contribution in [1.82, 2.24) is 0 Å². The van der Waals surface area contributed by atoms with Gasteiger partial charge in [0.2, 0.25) is 11.8 Å². The molecular formula is C22H18BrN2O3+.